The van der Waals surface area contributed by atoms with Gasteiger partial charge < -0.3 is 18.9 Å². The quantitative estimate of drug-likeness (QED) is 0.156. The number of carbonyl (C=O) groups excluding carboxylic acids is 2. The Morgan fingerprint density at radius 1 is 0.486 bits per heavy atom. The van der Waals surface area contributed by atoms with E-state index >= 15 is 0 Å². The zero-order valence-corrected chi connectivity index (χ0v) is 18.8. The van der Waals surface area contributed by atoms with E-state index in [9.17, 15) is 9.59 Å². The summed E-state index contributed by atoms with van der Waals surface area (Å²) in [6, 6.07) is 30.1. The molecule has 0 aromatic heterocycles. The van der Waals surface area contributed by atoms with Gasteiger partial charge in [0, 0.05) is 21.5 Å². The van der Waals surface area contributed by atoms with E-state index < -0.39 is 12.3 Å². The molecule has 5 aromatic rings. The highest BCUT2D eigenvalue weighted by atomic mass is 16.7. The lowest BCUT2D eigenvalue weighted by molar-refractivity contribution is 0.151. The van der Waals surface area contributed by atoms with Gasteiger partial charge in [0.1, 0.15) is 23.0 Å². The van der Waals surface area contributed by atoms with Crippen LogP contribution in [0.3, 0.4) is 0 Å². The molecule has 5 aromatic carbocycles. The number of fused-ring (bicyclic) bond motifs is 2. The Labute approximate surface area is 201 Å². The lowest BCUT2D eigenvalue weighted by Gasteiger charge is -2.16. The third kappa shape index (κ3) is 4.77. The van der Waals surface area contributed by atoms with Gasteiger partial charge in [-0.25, -0.2) is 9.59 Å². The monoisotopic (exact) mass is 464 g/mol. The first-order valence-electron chi connectivity index (χ1n) is 10.9. The number of aryl methyl sites for hydroxylation is 1. The first-order chi connectivity index (χ1) is 17.1. The van der Waals surface area contributed by atoms with Gasteiger partial charge in [0.15, 0.2) is 0 Å². The summed E-state index contributed by atoms with van der Waals surface area (Å²) in [6.45, 7) is 1.92. The minimum atomic E-state index is -0.875. The largest absolute Gasteiger partial charge is 0.519 e. The Hall–Kier alpha value is -4.84. The summed E-state index contributed by atoms with van der Waals surface area (Å²) < 4.78 is 22.1. The molecule has 0 unspecified atom stereocenters. The van der Waals surface area contributed by atoms with Gasteiger partial charge in [0.25, 0.3) is 0 Å². The minimum absolute atomic E-state index is 0.306. The SMILES string of the molecule is Cc1ccc2c(OC(=O)Oc3ccccc3)c3ccccc3c(OC(=O)Oc3ccccc3)c2c1. The molecule has 0 aliphatic heterocycles. The molecule has 0 aliphatic carbocycles. The molecule has 0 saturated carbocycles. The van der Waals surface area contributed by atoms with Crippen LogP contribution in [0, 0.1) is 6.92 Å². The number of para-hydroxylation sites is 2. The van der Waals surface area contributed by atoms with Crippen LogP contribution in [0.4, 0.5) is 9.59 Å². The van der Waals surface area contributed by atoms with Crippen LogP contribution in [0.15, 0.2) is 103 Å². The van der Waals surface area contributed by atoms with Crippen LogP contribution < -0.4 is 18.9 Å². The average Bonchev–Trinajstić information content (AvgIpc) is 2.87. The fourth-order valence-corrected chi connectivity index (χ4v) is 3.81. The highest BCUT2D eigenvalue weighted by molar-refractivity contribution is 6.12. The summed E-state index contributed by atoms with van der Waals surface area (Å²) in [6.07, 6.45) is -1.75. The highest BCUT2D eigenvalue weighted by Crippen LogP contribution is 2.43. The van der Waals surface area contributed by atoms with Crippen LogP contribution in [-0.2, 0) is 0 Å². The van der Waals surface area contributed by atoms with Gasteiger partial charge in [0.2, 0.25) is 0 Å². The second kappa shape index (κ2) is 9.57. The Morgan fingerprint density at radius 2 is 0.914 bits per heavy atom. The molecule has 0 fully saturated rings. The second-order valence-electron chi connectivity index (χ2n) is 7.79. The van der Waals surface area contributed by atoms with Crippen LogP contribution in [0.1, 0.15) is 5.56 Å². The molecule has 0 spiro atoms. The smallest absolute Gasteiger partial charge is 0.395 e. The summed E-state index contributed by atoms with van der Waals surface area (Å²) in [5, 5.41) is 2.34. The topological polar surface area (TPSA) is 71.1 Å². The minimum Gasteiger partial charge on any atom is -0.395 e. The lowest BCUT2D eigenvalue weighted by atomic mass is 9.99. The molecule has 0 atom stereocenters. The molecule has 0 bridgehead atoms. The molecule has 5 rings (SSSR count). The fourth-order valence-electron chi connectivity index (χ4n) is 3.81. The second-order valence-corrected chi connectivity index (χ2v) is 7.79. The zero-order chi connectivity index (χ0) is 24.2. The van der Waals surface area contributed by atoms with Gasteiger partial charge in [-0.15, -0.1) is 0 Å². The van der Waals surface area contributed by atoms with Crippen molar-refractivity contribution in [3.63, 3.8) is 0 Å². The van der Waals surface area contributed by atoms with E-state index in [4.69, 9.17) is 18.9 Å². The van der Waals surface area contributed by atoms with Crippen LogP contribution in [0.2, 0.25) is 0 Å². The summed E-state index contributed by atoms with van der Waals surface area (Å²) in [5.41, 5.74) is 0.937. The highest BCUT2D eigenvalue weighted by Gasteiger charge is 2.21. The third-order valence-electron chi connectivity index (χ3n) is 5.34. The van der Waals surface area contributed by atoms with Crippen LogP contribution in [0.25, 0.3) is 21.5 Å². The van der Waals surface area contributed by atoms with Gasteiger partial charge >= 0.3 is 12.3 Å². The Morgan fingerprint density at radius 3 is 1.43 bits per heavy atom. The normalized spacial score (nSPS) is 10.7. The molecule has 0 heterocycles. The summed E-state index contributed by atoms with van der Waals surface area (Å²) in [4.78, 5) is 25.3. The van der Waals surface area contributed by atoms with E-state index in [-0.39, 0.29) is 0 Å². The van der Waals surface area contributed by atoms with Crippen molar-refractivity contribution in [2.75, 3.05) is 0 Å². The maximum atomic E-state index is 12.7. The Balaban J connectivity index is 1.57. The van der Waals surface area contributed by atoms with Crippen molar-refractivity contribution in [3.8, 4) is 23.0 Å². The molecule has 6 heteroatoms. The van der Waals surface area contributed by atoms with Gasteiger partial charge in [-0.1, -0.05) is 78.4 Å². The number of ether oxygens (including phenoxy) is 4. The molecule has 0 radical (unpaired) electrons. The van der Waals surface area contributed by atoms with Crippen LogP contribution in [0.5, 0.6) is 23.0 Å². The average molecular weight is 464 g/mol. The van der Waals surface area contributed by atoms with Crippen molar-refractivity contribution < 1.29 is 28.5 Å². The van der Waals surface area contributed by atoms with Gasteiger partial charge in [-0.05, 0) is 37.3 Å². The van der Waals surface area contributed by atoms with E-state index in [1.807, 2.05) is 49.4 Å². The van der Waals surface area contributed by atoms with E-state index in [2.05, 4.69) is 0 Å². The molecule has 35 heavy (non-hydrogen) atoms. The van der Waals surface area contributed by atoms with E-state index in [1.165, 1.54) is 0 Å². The van der Waals surface area contributed by atoms with Crippen molar-refractivity contribution in [1.82, 2.24) is 0 Å². The van der Waals surface area contributed by atoms with Crippen molar-refractivity contribution in [2.24, 2.45) is 0 Å². The first kappa shape index (κ1) is 22.0. The Kier molecular flexibility index (Phi) is 6.01. The first-order valence-corrected chi connectivity index (χ1v) is 10.9. The summed E-state index contributed by atoms with van der Waals surface area (Å²) in [7, 11) is 0. The molecule has 6 nitrogen and oxygen atoms in total. The maximum Gasteiger partial charge on any atom is 0.519 e. The van der Waals surface area contributed by atoms with Crippen molar-refractivity contribution in [2.45, 2.75) is 6.92 Å². The van der Waals surface area contributed by atoms with Gasteiger partial charge in [-0.3, -0.25) is 0 Å². The standard InChI is InChI=1S/C29H20O6/c1-19-16-17-24-25(18-19)27(35-29(31)33-21-12-6-3-7-13-21)23-15-9-8-14-22(23)26(24)34-28(30)32-20-10-4-2-5-11-20/h2-18H,1H3. The molecule has 172 valence electrons. The number of rotatable bonds is 4. The van der Waals surface area contributed by atoms with E-state index in [1.54, 1.807) is 60.7 Å². The molecule has 0 amide bonds. The number of benzene rings is 5. The predicted molar refractivity (Wildman–Crippen MR) is 132 cm³/mol. The molecule has 0 N–H and O–H groups in total. The van der Waals surface area contributed by atoms with E-state index in [0.29, 0.717) is 44.5 Å². The lowest BCUT2D eigenvalue weighted by Crippen LogP contribution is -2.16. The number of hydrogen-bond acceptors (Lipinski definition) is 6. The number of hydrogen-bond donors (Lipinski definition) is 0. The number of carbonyl (C=O) groups is 2. The van der Waals surface area contributed by atoms with Crippen molar-refractivity contribution in [3.05, 3.63) is 109 Å². The molecular weight excluding hydrogens is 444 g/mol. The van der Waals surface area contributed by atoms with E-state index in [0.717, 1.165) is 5.56 Å². The maximum absolute atomic E-state index is 12.7. The Bertz CT molecular complexity index is 1530. The molecule has 0 aliphatic rings. The zero-order valence-electron chi connectivity index (χ0n) is 18.8. The van der Waals surface area contributed by atoms with Gasteiger partial charge in [0.05, 0.1) is 0 Å². The van der Waals surface area contributed by atoms with Crippen LogP contribution in [-0.4, -0.2) is 12.3 Å². The fraction of sp³-hybridized carbons (Fsp3) is 0.0345. The third-order valence-corrected chi connectivity index (χ3v) is 5.34. The molecule has 0 saturated heterocycles. The summed E-state index contributed by atoms with van der Waals surface area (Å²) >= 11 is 0. The van der Waals surface area contributed by atoms with Crippen LogP contribution >= 0.6 is 0 Å². The summed E-state index contributed by atoms with van der Waals surface area (Å²) in [5.74, 6) is 1.35. The van der Waals surface area contributed by atoms with Crippen molar-refractivity contribution in [1.29, 1.82) is 0 Å². The van der Waals surface area contributed by atoms with Crippen molar-refractivity contribution >= 4 is 33.9 Å². The molecular formula is C29H20O6. The van der Waals surface area contributed by atoms with Gasteiger partial charge in [-0.2, -0.15) is 0 Å². The predicted octanol–water partition coefficient (Wildman–Crippen LogP) is 7.46.